The van der Waals surface area contributed by atoms with Crippen LogP contribution in [0.1, 0.15) is 23.2 Å². The summed E-state index contributed by atoms with van der Waals surface area (Å²) in [6, 6.07) is 17.5. The van der Waals surface area contributed by atoms with Gasteiger partial charge in [0, 0.05) is 66.0 Å². The average molecular weight is 554 g/mol. The summed E-state index contributed by atoms with van der Waals surface area (Å²) in [7, 11) is 0. The molecule has 0 spiro atoms. The van der Waals surface area contributed by atoms with Crippen LogP contribution in [0.4, 0.5) is 5.69 Å². The van der Waals surface area contributed by atoms with Crippen molar-refractivity contribution in [3.05, 3.63) is 89.1 Å². The third kappa shape index (κ3) is 5.95. The minimum absolute atomic E-state index is 0.0337. The number of rotatable bonds is 5. The molecule has 1 N–H and O–H groups in total. The second-order valence-corrected chi connectivity index (χ2v) is 10.8. The van der Waals surface area contributed by atoms with E-state index in [1.165, 1.54) is 11.9 Å². The number of carbonyl (C=O) groups excluding carboxylic acids is 2. The molecule has 9 heteroatoms. The molecule has 2 amide bonds. The minimum atomic E-state index is -0.423. The molecule has 190 valence electrons. The Hall–Kier alpha value is -3.00. The van der Waals surface area contributed by atoms with Crippen LogP contribution in [0, 0.1) is 0 Å². The van der Waals surface area contributed by atoms with Crippen LogP contribution in [0.25, 0.3) is 10.9 Å². The van der Waals surface area contributed by atoms with Gasteiger partial charge in [0.2, 0.25) is 0 Å². The highest BCUT2D eigenvalue weighted by Gasteiger charge is 2.28. The molecular formula is C28H26Cl2N4O2S. The first-order valence-corrected chi connectivity index (χ1v) is 13.8. The van der Waals surface area contributed by atoms with E-state index in [2.05, 4.69) is 9.71 Å². The Kier molecular flexibility index (Phi) is 8.03. The fourth-order valence-electron chi connectivity index (χ4n) is 4.48. The van der Waals surface area contributed by atoms with Crippen molar-refractivity contribution >= 4 is 63.6 Å². The summed E-state index contributed by atoms with van der Waals surface area (Å²) in [6.45, 7) is 2.13. The number of allylic oxidation sites excluding steroid dienone is 3. The number of anilines is 1. The molecule has 1 saturated heterocycles. The first-order chi connectivity index (χ1) is 18.0. The summed E-state index contributed by atoms with van der Waals surface area (Å²) in [6.07, 6.45) is 6.41. The molecule has 1 unspecified atom stereocenters. The van der Waals surface area contributed by atoms with Crippen LogP contribution >= 0.6 is 35.1 Å². The number of para-hydroxylation sites is 1. The number of hydrogen-bond donors (Lipinski definition) is 1. The predicted octanol–water partition coefficient (Wildman–Crippen LogP) is 6.09. The highest BCUT2D eigenvalue weighted by molar-refractivity contribution is 8.00. The van der Waals surface area contributed by atoms with Gasteiger partial charge in [0.05, 0.1) is 15.8 Å². The fourth-order valence-corrected chi connectivity index (χ4v) is 5.89. The Labute approximate surface area is 230 Å². The molecule has 5 rings (SSSR count). The number of fused-ring (bicyclic) bond motifs is 1. The standard InChI is InChI=1S/C28H26Cl2N4O2S/c29-21-9-12-23(24(30)18-21)28(36)34-15-3-14-33(16-17-34)27(35)20-7-10-22(11-8-20)32-37-25-6-1-4-19-5-2-13-31-26(19)25/h1-2,4-13,24,32H,3,14-18H2. The van der Waals surface area contributed by atoms with Crippen LogP contribution in [-0.2, 0) is 4.79 Å². The van der Waals surface area contributed by atoms with Gasteiger partial charge in [-0.1, -0.05) is 35.9 Å². The number of nitrogens with one attached hydrogen (secondary N) is 1. The maximum absolute atomic E-state index is 13.2. The minimum Gasteiger partial charge on any atom is -0.337 e. The Morgan fingerprint density at radius 1 is 0.919 bits per heavy atom. The van der Waals surface area contributed by atoms with E-state index in [1.54, 1.807) is 23.2 Å². The van der Waals surface area contributed by atoms with E-state index in [0.29, 0.717) is 55.2 Å². The van der Waals surface area contributed by atoms with Crippen molar-refractivity contribution in [2.75, 3.05) is 30.9 Å². The molecule has 0 bridgehead atoms. The van der Waals surface area contributed by atoms with Crippen LogP contribution < -0.4 is 4.72 Å². The van der Waals surface area contributed by atoms with Crippen molar-refractivity contribution < 1.29 is 9.59 Å². The fraction of sp³-hybridized carbons (Fsp3) is 0.250. The quantitative estimate of drug-likeness (QED) is 0.306. The number of alkyl halides is 1. The average Bonchev–Trinajstić information content (AvgIpc) is 3.18. The molecule has 1 atom stereocenters. The smallest absolute Gasteiger partial charge is 0.253 e. The molecule has 2 aromatic carbocycles. The van der Waals surface area contributed by atoms with E-state index in [-0.39, 0.29) is 11.8 Å². The van der Waals surface area contributed by atoms with Crippen LogP contribution in [0.2, 0.25) is 0 Å². The van der Waals surface area contributed by atoms with Gasteiger partial charge < -0.3 is 14.5 Å². The summed E-state index contributed by atoms with van der Waals surface area (Å²) in [5, 5.41) is 1.31. The highest BCUT2D eigenvalue weighted by Crippen LogP contribution is 2.29. The van der Waals surface area contributed by atoms with Crippen LogP contribution in [0.15, 0.2) is 88.4 Å². The SMILES string of the molecule is O=C(C1=CC=C(Cl)CC1Cl)N1CCCN(C(=O)c2ccc(NSc3cccc4cccnc34)cc2)CC1. The largest absolute Gasteiger partial charge is 0.337 e. The number of pyridine rings is 1. The van der Waals surface area contributed by atoms with E-state index in [9.17, 15) is 9.59 Å². The van der Waals surface area contributed by atoms with E-state index in [1.807, 2.05) is 59.5 Å². The second-order valence-electron chi connectivity index (χ2n) is 8.96. The Morgan fingerprint density at radius 3 is 2.41 bits per heavy atom. The molecule has 2 aliphatic rings. The summed E-state index contributed by atoms with van der Waals surface area (Å²) in [4.78, 5) is 35.3. The number of benzene rings is 2. The molecule has 3 aromatic rings. The summed E-state index contributed by atoms with van der Waals surface area (Å²) in [5.74, 6) is -0.113. The van der Waals surface area contributed by atoms with Gasteiger partial charge in [0.25, 0.3) is 11.8 Å². The normalized spacial score (nSPS) is 18.2. The summed E-state index contributed by atoms with van der Waals surface area (Å²) < 4.78 is 3.34. The van der Waals surface area contributed by atoms with Crippen molar-refractivity contribution in [2.24, 2.45) is 0 Å². The maximum atomic E-state index is 13.2. The van der Waals surface area contributed by atoms with E-state index in [4.69, 9.17) is 23.2 Å². The lowest BCUT2D eigenvalue weighted by Gasteiger charge is -2.25. The summed E-state index contributed by atoms with van der Waals surface area (Å²) in [5.41, 5.74) is 3.03. The zero-order chi connectivity index (χ0) is 25.8. The maximum Gasteiger partial charge on any atom is 0.253 e. The van der Waals surface area contributed by atoms with E-state index < -0.39 is 5.38 Å². The van der Waals surface area contributed by atoms with Crippen molar-refractivity contribution in [3.63, 3.8) is 0 Å². The number of carbonyl (C=O) groups is 2. The van der Waals surface area contributed by atoms with Crippen molar-refractivity contribution in [1.82, 2.24) is 14.8 Å². The molecule has 1 aliphatic carbocycles. The van der Waals surface area contributed by atoms with Gasteiger partial charge in [-0.2, -0.15) is 0 Å². The monoisotopic (exact) mass is 552 g/mol. The Morgan fingerprint density at radius 2 is 1.65 bits per heavy atom. The first-order valence-electron chi connectivity index (χ1n) is 12.1. The topological polar surface area (TPSA) is 65.5 Å². The second kappa shape index (κ2) is 11.6. The lowest BCUT2D eigenvalue weighted by atomic mass is 10.0. The van der Waals surface area contributed by atoms with Gasteiger partial charge in [0.15, 0.2) is 0 Å². The zero-order valence-corrected chi connectivity index (χ0v) is 22.4. The van der Waals surface area contributed by atoms with Crippen molar-refractivity contribution in [2.45, 2.75) is 23.1 Å². The molecule has 2 heterocycles. The van der Waals surface area contributed by atoms with Crippen LogP contribution in [-0.4, -0.2) is 58.2 Å². The number of halogens is 2. The number of nitrogens with zero attached hydrogens (tertiary/aromatic N) is 3. The lowest BCUT2D eigenvalue weighted by molar-refractivity contribution is -0.127. The molecule has 1 aromatic heterocycles. The molecule has 0 saturated carbocycles. The Bertz CT molecular complexity index is 1370. The molecule has 1 fully saturated rings. The lowest BCUT2D eigenvalue weighted by Crippen LogP contribution is -2.39. The number of aromatic nitrogens is 1. The van der Waals surface area contributed by atoms with Crippen LogP contribution in [0.3, 0.4) is 0 Å². The summed E-state index contributed by atoms with van der Waals surface area (Å²) >= 11 is 13.9. The zero-order valence-electron chi connectivity index (χ0n) is 20.1. The molecular weight excluding hydrogens is 527 g/mol. The third-order valence-electron chi connectivity index (χ3n) is 6.48. The van der Waals surface area contributed by atoms with Gasteiger partial charge in [-0.25, -0.2) is 0 Å². The van der Waals surface area contributed by atoms with Gasteiger partial charge >= 0.3 is 0 Å². The third-order valence-corrected chi connectivity index (χ3v) is 8.04. The highest BCUT2D eigenvalue weighted by atomic mass is 35.5. The molecule has 6 nitrogen and oxygen atoms in total. The van der Waals surface area contributed by atoms with Crippen molar-refractivity contribution in [3.8, 4) is 0 Å². The molecule has 0 radical (unpaired) electrons. The van der Waals surface area contributed by atoms with Gasteiger partial charge in [-0.3, -0.25) is 14.6 Å². The van der Waals surface area contributed by atoms with E-state index in [0.717, 1.165) is 21.5 Å². The molecule has 37 heavy (non-hydrogen) atoms. The number of hydrogen-bond acceptors (Lipinski definition) is 5. The van der Waals surface area contributed by atoms with Gasteiger partial charge in [-0.05, 0) is 60.8 Å². The van der Waals surface area contributed by atoms with E-state index >= 15 is 0 Å². The molecule has 1 aliphatic heterocycles. The predicted molar refractivity (Wildman–Crippen MR) is 151 cm³/mol. The van der Waals surface area contributed by atoms with Gasteiger partial charge in [-0.15, -0.1) is 11.6 Å². The van der Waals surface area contributed by atoms with Crippen molar-refractivity contribution in [1.29, 1.82) is 0 Å². The van der Waals surface area contributed by atoms with Gasteiger partial charge in [0.1, 0.15) is 0 Å². The van der Waals surface area contributed by atoms with Crippen LogP contribution in [0.5, 0.6) is 0 Å². The first kappa shape index (κ1) is 25.6. The number of amides is 2. The Balaban J connectivity index is 1.18.